The van der Waals surface area contributed by atoms with Gasteiger partial charge in [0.25, 0.3) is 0 Å². The zero-order chi connectivity index (χ0) is 58.6. The number of ketones is 1. The third-order valence-corrected chi connectivity index (χ3v) is 18.3. The number of Topliss-reactive ketones (excluding diaryl/α,β-unsaturated/α-hetero) is 1. The van der Waals surface area contributed by atoms with Gasteiger partial charge in [-0.3, -0.25) is 29.9 Å². The van der Waals surface area contributed by atoms with Crippen LogP contribution in [0.5, 0.6) is 11.5 Å². The van der Waals surface area contributed by atoms with Gasteiger partial charge in [0.1, 0.15) is 52.0 Å². The van der Waals surface area contributed by atoms with Crippen molar-refractivity contribution in [2.45, 2.75) is 166 Å². The SMILES string of the molecule is CC/C(=N\NC(C)(C)C(=O)CC(C)(C)SSCCC(=O)N(C)[C@@H](C)C(=O)O[C@H]1CC(=O)N(C)c2cc(cc(OC)c2Cl)C/C(C)=C/C=C/[C@@H](OC)[C@@]2(O)C[C@H](OC(=O)N2)[C@@H](C)[C@@H]2O[C@@]12C)c1ccc(OCCCC(=O)NC)cc1. The molecule has 2 saturated heterocycles. The van der Waals surface area contributed by atoms with Gasteiger partial charge >= 0.3 is 12.1 Å². The van der Waals surface area contributed by atoms with Crippen LogP contribution in [0.2, 0.25) is 5.02 Å². The van der Waals surface area contributed by atoms with E-state index in [9.17, 15) is 33.9 Å². The molecular weight excluding hydrogens is 1080 g/mol. The van der Waals surface area contributed by atoms with Gasteiger partial charge in [-0.15, -0.1) is 0 Å². The molecular formula is C57H81ClN6O13S2. The minimum absolute atomic E-state index is 0.0313. The number of alkyl carbamates (subject to hydrolysis) is 1. The number of aliphatic hydroxyl groups is 1. The highest BCUT2D eigenvalue weighted by Gasteiger charge is 2.64. The fourth-order valence-corrected chi connectivity index (χ4v) is 12.1. The number of esters is 1. The number of epoxide rings is 1. The van der Waals surface area contributed by atoms with Crippen molar-refractivity contribution in [1.29, 1.82) is 0 Å². The molecule has 0 spiro atoms. The summed E-state index contributed by atoms with van der Waals surface area (Å²) in [4.78, 5) is 83.2. The first-order valence-corrected chi connectivity index (χ1v) is 29.3. The molecule has 4 N–H and O–H groups in total. The number of nitrogens with one attached hydrogen (secondary N) is 3. The van der Waals surface area contributed by atoms with Crippen LogP contribution in [0.3, 0.4) is 0 Å². The number of hydrogen-bond acceptors (Lipinski definition) is 17. The zero-order valence-electron chi connectivity index (χ0n) is 48.1. The van der Waals surface area contributed by atoms with Gasteiger partial charge in [0.2, 0.25) is 17.7 Å². The highest BCUT2D eigenvalue weighted by Crippen LogP contribution is 2.49. The van der Waals surface area contributed by atoms with Crippen LogP contribution in [-0.2, 0) is 49.3 Å². The number of allylic oxidation sites excluding steroid dienone is 3. The van der Waals surface area contributed by atoms with Crippen molar-refractivity contribution < 1.29 is 62.3 Å². The number of rotatable bonds is 22. The second-order valence-corrected chi connectivity index (χ2v) is 25.2. The van der Waals surface area contributed by atoms with Crippen molar-refractivity contribution >= 4 is 80.2 Å². The zero-order valence-corrected chi connectivity index (χ0v) is 50.5. The second kappa shape index (κ2) is 27.9. The molecule has 2 aromatic rings. The summed E-state index contributed by atoms with van der Waals surface area (Å²) in [6.45, 7) is 16.9. The highest BCUT2D eigenvalue weighted by atomic mass is 35.5. The molecule has 2 aromatic carbocycles. The normalized spacial score (nSPS) is 25.3. The molecule has 0 saturated carbocycles. The Morgan fingerprint density at radius 2 is 1.80 bits per heavy atom. The average molecular weight is 1160 g/mol. The maximum Gasteiger partial charge on any atom is 0.409 e. The smallest absolute Gasteiger partial charge is 0.409 e. The lowest BCUT2D eigenvalue weighted by molar-refractivity contribution is -0.162. The highest BCUT2D eigenvalue weighted by molar-refractivity contribution is 8.77. The van der Waals surface area contributed by atoms with Crippen LogP contribution in [0.15, 0.2) is 65.3 Å². The molecule has 5 rings (SSSR count). The number of hydrazone groups is 1. The minimum atomic E-state index is -1.87. The summed E-state index contributed by atoms with van der Waals surface area (Å²) < 4.78 is 34.9. The van der Waals surface area contributed by atoms with E-state index in [4.69, 9.17) is 40.0 Å². The largest absolute Gasteiger partial charge is 0.495 e. The molecule has 436 valence electrons. The summed E-state index contributed by atoms with van der Waals surface area (Å²) in [5.74, 6) is -0.798. The maximum atomic E-state index is 14.4. The lowest BCUT2D eigenvalue weighted by Crippen LogP contribution is -2.63. The van der Waals surface area contributed by atoms with Crippen molar-refractivity contribution in [2.75, 3.05) is 52.6 Å². The van der Waals surface area contributed by atoms with Gasteiger partial charge in [0.05, 0.1) is 37.6 Å². The minimum Gasteiger partial charge on any atom is -0.495 e. The van der Waals surface area contributed by atoms with Crippen LogP contribution in [0, 0.1) is 5.92 Å². The van der Waals surface area contributed by atoms with E-state index in [0.717, 1.165) is 22.4 Å². The summed E-state index contributed by atoms with van der Waals surface area (Å²) in [5.41, 5.74) is 2.68. The van der Waals surface area contributed by atoms with E-state index >= 15 is 0 Å². The van der Waals surface area contributed by atoms with Crippen LogP contribution in [0.25, 0.3) is 0 Å². The lowest BCUT2D eigenvalue weighted by atomic mass is 9.83. The molecule has 79 heavy (non-hydrogen) atoms. The summed E-state index contributed by atoms with van der Waals surface area (Å²) in [5, 5.41) is 21.9. The molecule has 3 aliphatic heterocycles. The quantitative estimate of drug-likeness (QED) is 0.0218. The van der Waals surface area contributed by atoms with E-state index in [-0.39, 0.29) is 48.3 Å². The van der Waals surface area contributed by atoms with Crippen LogP contribution in [0.1, 0.15) is 118 Å². The van der Waals surface area contributed by atoms with Crippen LogP contribution in [-0.4, -0.2) is 151 Å². The van der Waals surface area contributed by atoms with E-state index < -0.39 is 76.0 Å². The Hall–Kier alpha value is -5.32. The molecule has 3 aliphatic rings. The van der Waals surface area contributed by atoms with Crippen molar-refractivity contribution in [1.82, 2.24) is 21.0 Å². The number of hydrogen-bond donors (Lipinski definition) is 4. The molecule has 0 aromatic heterocycles. The molecule has 19 nitrogen and oxygen atoms in total. The average Bonchev–Trinajstić information content (AvgIpc) is 4.22. The Balaban J connectivity index is 1.22. The first-order valence-electron chi connectivity index (χ1n) is 26.6. The van der Waals surface area contributed by atoms with Gasteiger partial charge in [0, 0.05) is 70.4 Å². The van der Waals surface area contributed by atoms with Gasteiger partial charge < -0.3 is 48.6 Å². The summed E-state index contributed by atoms with van der Waals surface area (Å²) in [6, 6.07) is 10.0. The van der Waals surface area contributed by atoms with Crippen molar-refractivity contribution in [2.24, 2.45) is 11.0 Å². The molecule has 3 heterocycles. The molecule has 4 amide bonds. The first kappa shape index (κ1) is 64.5. The Kier molecular flexibility index (Phi) is 22.8. The Morgan fingerprint density at radius 1 is 1.10 bits per heavy atom. The molecule has 4 bridgehead atoms. The number of amides is 4. The van der Waals surface area contributed by atoms with Gasteiger partial charge in [-0.1, -0.05) is 70.8 Å². The van der Waals surface area contributed by atoms with E-state index in [2.05, 4.69) is 21.2 Å². The summed E-state index contributed by atoms with van der Waals surface area (Å²) in [7, 11) is 10.5. The van der Waals surface area contributed by atoms with Crippen LogP contribution >= 0.6 is 33.2 Å². The number of anilines is 1. The first-order chi connectivity index (χ1) is 37.1. The van der Waals surface area contributed by atoms with Crippen LogP contribution < -0.4 is 30.4 Å². The summed E-state index contributed by atoms with van der Waals surface area (Å²) in [6.07, 6.45) is 2.48. The lowest BCUT2D eigenvalue weighted by Gasteiger charge is -2.42. The number of carbonyl (C=O) groups excluding carboxylic acids is 6. The number of carbonyl (C=O) groups is 6. The molecule has 0 unspecified atom stereocenters. The van der Waals surface area contributed by atoms with Crippen molar-refractivity contribution in [3.8, 4) is 11.5 Å². The molecule has 22 heteroatoms. The number of methoxy groups -OCH3 is 2. The number of likely N-dealkylation sites (N-methyl/N-ethyl adjacent to an activating group) is 1. The predicted molar refractivity (Wildman–Crippen MR) is 309 cm³/mol. The molecule has 2 fully saturated rings. The van der Waals surface area contributed by atoms with E-state index in [1.165, 1.54) is 52.7 Å². The Labute approximate surface area is 478 Å². The molecule has 8 atom stereocenters. The Bertz CT molecular complexity index is 2620. The standard InChI is InChI=1S/C57H81ClN6O13S2/c1-15-40(38-21-23-39(24-22-38)74-26-17-20-47(66)59-10)61-62-55(7,8)44(65)33-54(5,6)79-78-27-25-48(67)63(11)36(4)52(69)76-46-31-49(68)64(12)41-29-37(30-42(72-13)50(41)58)28-34(2)18-16-19-45(73-14)57(71)32-43(75-53(70)60-57)35(3)51-56(46,9)77-51/h16,18-19,21-24,29-30,35-36,43,45-46,51,62,71H,15,17,20,25-28,31-33H2,1-14H3,(H,59,66)(H,60,70)/b19-16+,34-18+,61-40+/t35-,36+,43+,45-,46+,51+,56+,57+/m1/s1. The molecule has 0 aliphatic carbocycles. The van der Waals surface area contributed by atoms with E-state index in [0.29, 0.717) is 55.2 Å². The number of fused-ring (bicyclic) bond motifs is 5. The predicted octanol–water partition coefficient (Wildman–Crippen LogP) is 8.11. The maximum absolute atomic E-state index is 14.4. The third kappa shape index (κ3) is 17.1. The van der Waals surface area contributed by atoms with Crippen molar-refractivity contribution in [3.63, 3.8) is 0 Å². The number of benzene rings is 2. The van der Waals surface area contributed by atoms with Gasteiger partial charge in [0.15, 0.2) is 11.5 Å². The van der Waals surface area contributed by atoms with Crippen molar-refractivity contribution in [3.05, 3.63) is 76.3 Å². The Morgan fingerprint density at radius 3 is 2.44 bits per heavy atom. The second-order valence-electron chi connectivity index (χ2n) is 21.7. The number of halogens is 1. The third-order valence-electron chi connectivity index (χ3n) is 14.6. The van der Waals surface area contributed by atoms with Gasteiger partial charge in [-0.2, -0.15) is 5.10 Å². The van der Waals surface area contributed by atoms with Gasteiger partial charge in [-0.25, -0.2) is 9.59 Å². The summed E-state index contributed by atoms with van der Waals surface area (Å²) >= 11 is 6.84. The number of ether oxygens (including phenoxy) is 6. The molecule has 0 radical (unpaired) electrons. The van der Waals surface area contributed by atoms with Crippen LogP contribution in [0.4, 0.5) is 10.5 Å². The fourth-order valence-electron chi connectivity index (χ4n) is 9.27. The van der Waals surface area contributed by atoms with E-state index in [1.807, 2.05) is 58.0 Å². The van der Waals surface area contributed by atoms with E-state index in [1.54, 1.807) is 73.0 Å². The van der Waals surface area contributed by atoms with Gasteiger partial charge in [-0.05, 0) is 115 Å². The number of nitrogens with zero attached hydrogens (tertiary/aromatic N) is 3. The monoisotopic (exact) mass is 1160 g/mol. The fraction of sp³-hybridized carbons (Fsp3) is 0.596. The topological polar surface area (TPSA) is 236 Å².